The fraction of sp³-hybridized carbons (Fsp3) is 0.435. The van der Waals surface area contributed by atoms with Crippen molar-refractivity contribution in [3.8, 4) is 5.75 Å². The third kappa shape index (κ3) is 3.59. The van der Waals surface area contributed by atoms with Crippen LogP contribution in [0, 0.1) is 5.92 Å². The minimum atomic E-state index is -0.297. The van der Waals surface area contributed by atoms with Gasteiger partial charge in [-0.1, -0.05) is 38.1 Å². The molecule has 3 atom stereocenters. The lowest BCUT2D eigenvalue weighted by atomic mass is 9.77. The van der Waals surface area contributed by atoms with E-state index < -0.39 is 0 Å². The summed E-state index contributed by atoms with van der Waals surface area (Å²) in [7, 11) is 0. The van der Waals surface area contributed by atoms with Crippen LogP contribution in [0.5, 0.6) is 5.75 Å². The van der Waals surface area contributed by atoms with E-state index in [2.05, 4.69) is 49.5 Å². The highest BCUT2D eigenvalue weighted by atomic mass is 16.5. The van der Waals surface area contributed by atoms with Crippen molar-refractivity contribution >= 4 is 11.7 Å². The highest BCUT2D eigenvalue weighted by Crippen LogP contribution is 2.49. The Balaban J connectivity index is 1.67. The van der Waals surface area contributed by atoms with Gasteiger partial charge in [0.1, 0.15) is 5.75 Å². The quantitative estimate of drug-likeness (QED) is 0.587. The Labute approximate surface area is 160 Å². The molecule has 1 N–H and O–H groups in total. The maximum Gasteiger partial charge on any atom is 0.308 e. The molecule has 4 heteroatoms. The summed E-state index contributed by atoms with van der Waals surface area (Å²) >= 11 is 0. The summed E-state index contributed by atoms with van der Waals surface area (Å²) in [6.07, 6.45) is 2.36. The molecule has 0 saturated carbocycles. The molecule has 2 aromatic rings. The second kappa shape index (κ2) is 7.35. The number of carbonyl (C=O) groups is 1. The maximum absolute atomic E-state index is 11.1. The Kier molecular flexibility index (Phi) is 4.92. The zero-order valence-corrected chi connectivity index (χ0v) is 16.2. The molecule has 4 nitrogen and oxygen atoms in total. The Bertz CT molecular complexity index is 828. The van der Waals surface area contributed by atoms with Crippen molar-refractivity contribution in [2.75, 3.05) is 11.9 Å². The normalized spacial score (nSPS) is 23.9. The predicted molar refractivity (Wildman–Crippen MR) is 106 cm³/mol. The molecule has 4 rings (SSSR count). The van der Waals surface area contributed by atoms with Gasteiger partial charge in [0.05, 0.1) is 12.1 Å². The molecule has 1 fully saturated rings. The first-order valence-corrected chi connectivity index (χ1v) is 9.83. The number of carbonyl (C=O) groups excluding carboxylic acids is 1. The molecule has 0 spiro atoms. The van der Waals surface area contributed by atoms with Crippen LogP contribution in [-0.4, -0.2) is 12.6 Å². The lowest BCUT2D eigenvalue weighted by molar-refractivity contribution is -0.131. The molecule has 0 radical (unpaired) electrons. The molecular weight excluding hydrogens is 338 g/mol. The summed E-state index contributed by atoms with van der Waals surface area (Å²) in [5, 5.41) is 3.75. The Morgan fingerprint density at radius 1 is 1.19 bits per heavy atom. The van der Waals surface area contributed by atoms with E-state index in [1.165, 1.54) is 23.6 Å². The molecule has 0 aliphatic carbocycles. The van der Waals surface area contributed by atoms with E-state index in [0.717, 1.165) is 25.1 Å². The van der Waals surface area contributed by atoms with Crippen molar-refractivity contribution < 1.29 is 14.3 Å². The van der Waals surface area contributed by atoms with Crippen LogP contribution in [0.1, 0.15) is 68.4 Å². The Hall–Kier alpha value is -2.33. The van der Waals surface area contributed by atoms with Crippen molar-refractivity contribution in [3.05, 3.63) is 59.2 Å². The number of ether oxygens (including phenoxy) is 2. The van der Waals surface area contributed by atoms with Crippen LogP contribution in [0.15, 0.2) is 42.5 Å². The van der Waals surface area contributed by atoms with Crippen molar-refractivity contribution in [3.63, 3.8) is 0 Å². The van der Waals surface area contributed by atoms with Crippen LogP contribution in [0.4, 0.5) is 5.69 Å². The van der Waals surface area contributed by atoms with Gasteiger partial charge >= 0.3 is 5.97 Å². The average molecular weight is 365 g/mol. The van der Waals surface area contributed by atoms with E-state index in [0.29, 0.717) is 17.6 Å². The number of fused-ring (bicyclic) bond motifs is 3. The molecule has 2 aliphatic heterocycles. The van der Waals surface area contributed by atoms with Crippen molar-refractivity contribution in [1.29, 1.82) is 0 Å². The van der Waals surface area contributed by atoms with E-state index in [-0.39, 0.29) is 18.1 Å². The van der Waals surface area contributed by atoms with E-state index in [1.54, 1.807) is 0 Å². The minimum Gasteiger partial charge on any atom is -0.427 e. The molecular formula is C23H27NO3. The standard InChI is InChI=1S/C23H27NO3/c1-14(2)17-8-11-21-20(13-17)23-19(5-4-12-26-23)22(24-21)16-6-9-18(10-7-16)27-15(3)25/h6-11,13-14,19,22-24H,4-5,12H2,1-3H3. The van der Waals surface area contributed by atoms with Gasteiger partial charge in [0.25, 0.3) is 0 Å². The smallest absolute Gasteiger partial charge is 0.308 e. The van der Waals surface area contributed by atoms with Gasteiger partial charge in [0, 0.05) is 30.7 Å². The number of hydrogen-bond donors (Lipinski definition) is 1. The van der Waals surface area contributed by atoms with E-state index in [9.17, 15) is 4.79 Å². The van der Waals surface area contributed by atoms with E-state index in [1.807, 2.05) is 12.1 Å². The molecule has 0 amide bonds. The maximum atomic E-state index is 11.1. The molecule has 1 saturated heterocycles. The lowest BCUT2D eigenvalue weighted by Crippen LogP contribution is -2.36. The van der Waals surface area contributed by atoms with Crippen LogP contribution in [0.25, 0.3) is 0 Å². The number of benzene rings is 2. The molecule has 2 aliphatic rings. The van der Waals surface area contributed by atoms with Crippen LogP contribution < -0.4 is 10.1 Å². The largest absolute Gasteiger partial charge is 0.427 e. The summed E-state index contributed by atoms with van der Waals surface area (Å²) < 4.78 is 11.4. The van der Waals surface area contributed by atoms with Crippen molar-refractivity contribution in [2.45, 2.75) is 51.7 Å². The molecule has 0 aromatic heterocycles. The van der Waals surface area contributed by atoms with Gasteiger partial charge in [-0.15, -0.1) is 0 Å². The zero-order valence-electron chi connectivity index (χ0n) is 16.2. The van der Waals surface area contributed by atoms with Crippen molar-refractivity contribution in [2.24, 2.45) is 5.92 Å². The third-order valence-corrected chi connectivity index (χ3v) is 5.66. The zero-order chi connectivity index (χ0) is 19.0. The first-order valence-electron chi connectivity index (χ1n) is 9.83. The minimum absolute atomic E-state index is 0.131. The predicted octanol–water partition coefficient (Wildman–Crippen LogP) is 5.37. The number of rotatable bonds is 3. The highest BCUT2D eigenvalue weighted by molar-refractivity contribution is 5.69. The van der Waals surface area contributed by atoms with Crippen LogP contribution in [0.3, 0.4) is 0 Å². The Morgan fingerprint density at radius 2 is 1.96 bits per heavy atom. The van der Waals surface area contributed by atoms with E-state index >= 15 is 0 Å². The van der Waals surface area contributed by atoms with Gasteiger partial charge in [-0.25, -0.2) is 0 Å². The number of esters is 1. The third-order valence-electron chi connectivity index (χ3n) is 5.66. The fourth-order valence-corrected chi connectivity index (χ4v) is 4.29. The summed E-state index contributed by atoms with van der Waals surface area (Å²) in [5.41, 5.74) is 5.01. The first-order chi connectivity index (χ1) is 13.0. The topological polar surface area (TPSA) is 47.6 Å². The molecule has 2 heterocycles. The molecule has 142 valence electrons. The fourth-order valence-electron chi connectivity index (χ4n) is 4.29. The van der Waals surface area contributed by atoms with Gasteiger partial charge in [-0.2, -0.15) is 0 Å². The summed E-state index contributed by atoms with van der Waals surface area (Å²) in [6.45, 7) is 6.70. The molecule has 2 aromatic carbocycles. The SMILES string of the molecule is CC(=O)Oc1ccc(C2Nc3ccc(C(C)C)cc3C3OCCCC23)cc1. The van der Waals surface area contributed by atoms with Gasteiger partial charge in [-0.3, -0.25) is 4.79 Å². The van der Waals surface area contributed by atoms with Crippen LogP contribution in [0.2, 0.25) is 0 Å². The first kappa shape index (κ1) is 18.1. The summed E-state index contributed by atoms with van der Waals surface area (Å²) in [4.78, 5) is 11.1. The highest BCUT2D eigenvalue weighted by Gasteiger charge is 2.39. The van der Waals surface area contributed by atoms with Crippen LogP contribution >= 0.6 is 0 Å². The summed E-state index contributed by atoms with van der Waals surface area (Å²) in [5.74, 6) is 1.19. The van der Waals surface area contributed by atoms with Crippen molar-refractivity contribution in [1.82, 2.24) is 0 Å². The number of anilines is 1. The monoisotopic (exact) mass is 365 g/mol. The molecule has 3 unspecified atom stereocenters. The van der Waals surface area contributed by atoms with Gasteiger partial charge in [-0.05, 0) is 48.1 Å². The Morgan fingerprint density at radius 3 is 2.67 bits per heavy atom. The van der Waals surface area contributed by atoms with Crippen LogP contribution in [-0.2, 0) is 9.53 Å². The molecule has 0 bridgehead atoms. The summed E-state index contributed by atoms with van der Waals surface area (Å²) in [6, 6.07) is 14.8. The second-order valence-electron chi connectivity index (χ2n) is 7.88. The van der Waals surface area contributed by atoms with Gasteiger partial charge in [0.2, 0.25) is 0 Å². The average Bonchev–Trinajstić information content (AvgIpc) is 2.67. The van der Waals surface area contributed by atoms with Gasteiger partial charge in [0.15, 0.2) is 0 Å². The van der Waals surface area contributed by atoms with Gasteiger partial charge < -0.3 is 14.8 Å². The number of hydrogen-bond acceptors (Lipinski definition) is 4. The number of nitrogens with one attached hydrogen (secondary N) is 1. The lowest BCUT2D eigenvalue weighted by Gasteiger charge is -2.43. The second-order valence-corrected chi connectivity index (χ2v) is 7.88. The molecule has 27 heavy (non-hydrogen) atoms. The van der Waals surface area contributed by atoms with E-state index in [4.69, 9.17) is 9.47 Å².